The first kappa shape index (κ1) is 21.6. The third-order valence-electron chi connectivity index (χ3n) is 5.37. The molecule has 0 aliphatic carbocycles. The number of benzene rings is 3. The molecule has 3 aromatic carbocycles. The van der Waals surface area contributed by atoms with Gasteiger partial charge in [0.1, 0.15) is 23.1 Å². The van der Waals surface area contributed by atoms with Crippen molar-refractivity contribution in [2.24, 2.45) is 0 Å². The van der Waals surface area contributed by atoms with Crippen LogP contribution < -0.4 is 25.6 Å². The zero-order chi connectivity index (χ0) is 23.3. The lowest BCUT2D eigenvalue weighted by atomic mass is 10.2. The molecule has 0 radical (unpaired) electrons. The monoisotopic (exact) mass is 458 g/mol. The Labute approximate surface area is 195 Å². The van der Waals surface area contributed by atoms with E-state index in [0.717, 1.165) is 43.0 Å². The molecule has 3 N–H and O–H groups in total. The summed E-state index contributed by atoms with van der Waals surface area (Å²) in [4.78, 5) is 23.8. The van der Waals surface area contributed by atoms with Gasteiger partial charge in [0.15, 0.2) is 0 Å². The molecule has 34 heavy (non-hydrogen) atoms. The predicted octanol–water partition coefficient (Wildman–Crippen LogP) is 4.61. The Morgan fingerprint density at radius 2 is 1.68 bits per heavy atom. The van der Waals surface area contributed by atoms with Gasteiger partial charge in [-0.15, -0.1) is 0 Å². The highest BCUT2D eigenvalue weighted by Crippen LogP contribution is 2.27. The van der Waals surface area contributed by atoms with Crippen molar-refractivity contribution in [3.63, 3.8) is 0 Å². The van der Waals surface area contributed by atoms with Crippen LogP contribution in [0.5, 0.6) is 11.5 Å². The number of fused-ring (bicyclic) bond motifs is 1. The number of hydrogen-bond acceptors (Lipinski definition) is 6. The van der Waals surface area contributed by atoms with Gasteiger partial charge in [-0.2, -0.15) is 0 Å². The second-order valence-electron chi connectivity index (χ2n) is 7.83. The van der Waals surface area contributed by atoms with E-state index in [9.17, 15) is 9.18 Å². The summed E-state index contributed by atoms with van der Waals surface area (Å²) in [6.45, 7) is 3.64. The maximum atomic E-state index is 13.0. The SMILES string of the molecule is O=C(Nc1ccc(F)cc1)Nc1cccc(Oc2ccc3ncc(N4CCNCC4)nc3c2)c1. The number of halogens is 1. The van der Waals surface area contributed by atoms with Crippen LogP contribution in [-0.4, -0.2) is 42.2 Å². The molecule has 1 fully saturated rings. The molecular formula is C25H23FN6O2. The third-order valence-corrected chi connectivity index (χ3v) is 5.37. The lowest BCUT2D eigenvalue weighted by molar-refractivity contribution is 0.262. The number of carbonyl (C=O) groups is 1. The first-order chi connectivity index (χ1) is 16.6. The molecule has 1 aliphatic heterocycles. The highest BCUT2D eigenvalue weighted by Gasteiger charge is 2.13. The van der Waals surface area contributed by atoms with Crippen LogP contribution in [0, 0.1) is 5.82 Å². The smallest absolute Gasteiger partial charge is 0.323 e. The van der Waals surface area contributed by atoms with Crippen molar-refractivity contribution in [3.05, 3.63) is 78.7 Å². The Morgan fingerprint density at radius 1 is 0.912 bits per heavy atom. The summed E-state index contributed by atoms with van der Waals surface area (Å²) in [5, 5.41) is 8.74. The van der Waals surface area contributed by atoms with E-state index in [0.29, 0.717) is 22.9 Å². The minimum Gasteiger partial charge on any atom is -0.457 e. The van der Waals surface area contributed by atoms with Crippen LogP contribution >= 0.6 is 0 Å². The lowest BCUT2D eigenvalue weighted by Crippen LogP contribution is -2.43. The molecule has 0 spiro atoms. The van der Waals surface area contributed by atoms with E-state index >= 15 is 0 Å². The van der Waals surface area contributed by atoms with Crippen LogP contribution in [0.2, 0.25) is 0 Å². The topological polar surface area (TPSA) is 91.4 Å². The molecule has 0 bridgehead atoms. The van der Waals surface area contributed by atoms with Crippen molar-refractivity contribution in [2.75, 3.05) is 41.7 Å². The number of urea groups is 1. The molecule has 1 aliphatic rings. The molecule has 172 valence electrons. The Morgan fingerprint density at radius 3 is 2.50 bits per heavy atom. The van der Waals surface area contributed by atoms with Crippen LogP contribution in [0.25, 0.3) is 11.0 Å². The molecule has 4 aromatic rings. The fourth-order valence-electron chi connectivity index (χ4n) is 3.69. The van der Waals surface area contributed by atoms with Gasteiger partial charge in [0.25, 0.3) is 0 Å². The predicted molar refractivity (Wildman–Crippen MR) is 130 cm³/mol. The number of rotatable bonds is 5. The molecule has 8 nitrogen and oxygen atoms in total. The Kier molecular flexibility index (Phi) is 6.17. The van der Waals surface area contributed by atoms with Crippen LogP contribution in [-0.2, 0) is 0 Å². The number of hydrogen-bond donors (Lipinski definition) is 3. The number of anilines is 3. The van der Waals surface area contributed by atoms with E-state index in [1.165, 1.54) is 24.3 Å². The van der Waals surface area contributed by atoms with E-state index < -0.39 is 6.03 Å². The van der Waals surface area contributed by atoms with Gasteiger partial charge >= 0.3 is 6.03 Å². The minimum absolute atomic E-state index is 0.365. The van der Waals surface area contributed by atoms with Crippen LogP contribution in [0.4, 0.5) is 26.4 Å². The van der Waals surface area contributed by atoms with Gasteiger partial charge in [-0.1, -0.05) is 6.07 Å². The first-order valence-corrected chi connectivity index (χ1v) is 11.0. The van der Waals surface area contributed by atoms with Gasteiger partial charge in [-0.3, -0.25) is 4.98 Å². The normalized spacial score (nSPS) is 13.5. The van der Waals surface area contributed by atoms with Gasteiger partial charge in [-0.05, 0) is 48.5 Å². The van der Waals surface area contributed by atoms with Gasteiger partial charge < -0.3 is 25.6 Å². The number of piperazine rings is 1. The molecule has 1 saturated heterocycles. The van der Waals surface area contributed by atoms with Crippen molar-refractivity contribution < 1.29 is 13.9 Å². The summed E-state index contributed by atoms with van der Waals surface area (Å²) >= 11 is 0. The van der Waals surface area contributed by atoms with Crippen LogP contribution in [0.3, 0.4) is 0 Å². The molecule has 0 atom stereocenters. The highest BCUT2D eigenvalue weighted by atomic mass is 19.1. The molecular weight excluding hydrogens is 435 g/mol. The van der Waals surface area contributed by atoms with Gasteiger partial charge in [-0.25, -0.2) is 14.2 Å². The average Bonchev–Trinajstić information content (AvgIpc) is 2.86. The number of aromatic nitrogens is 2. The first-order valence-electron chi connectivity index (χ1n) is 11.0. The summed E-state index contributed by atoms with van der Waals surface area (Å²) in [6.07, 6.45) is 1.81. The Hall–Kier alpha value is -4.24. The van der Waals surface area contributed by atoms with E-state index in [-0.39, 0.29) is 5.82 Å². The molecule has 1 aromatic heterocycles. The molecule has 2 amide bonds. The number of carbonyl (C=O) groups excluding carboxylic acids is 1. The van der Waals surface area contributed by atoms with Crippen LogP contribution in [0.1, 0.15) is 0 Å². The maximum Gasteiger partial charge on any atom is 0.323 e. The zero-order valence-corrected chi connectivity index (χ0v) is 18.3. The van der Waals surface area contributed by atoms with Gasteiger partial charge in [0.2, 0.25) is 0 Å². The Bertz CT molecular complexity index is 1310. The van der Waals surface area contributed by atoms with E-state index in [1.54, 1.807) is 30.5 Å². The van der Waals surface area contributed by atoms with Crippen molar-refractivity contribution in [1.29, 1.82) is 0 Å². The summed E-state index contributed by atoms with van der Waals surface area (Å²) in [5.41, 5.74) is 2.59. The summed E-state index contributed by atoms with van der Waals surface area (Å²) < 4.78 is 19.1. The van der Waals surface area contributed by atoms with Gasteiger partial charge in [0, 0.05) is 49.7 Å². The second kappa shape index (κ2) is 9.72. The molecule has 9 heteroatoms. The van der Waals surface area contributed by atoms with Crippen molar-refractivity contribution in [1.82, 2.24) is 15.3 Å². The third kappa shape index (κ3) is 5.21. The van der Waals surface area contributed by atoms with E-state index in [2.05, 4.69) is 25.8 Å². The molecule has 2 heterocycles. The fraction of sp³-hybridized carbons (Fsp3) is 0.160. The molecule has 0 saturated carbocycles. The van der Waals surface area contributed by atoms with Gasteiger partial charge in [0.05, 0.1) is 17.2 Å². The number of nitrogens with one attached hydrogen (secondary N) is 3. The summed E-state index contributed by atoms with van der Waals surface area (Å²) in [5.74, 6) is 1.66. The van der Waals surface area contributed by atoms with Crippen molar-refractivity contribution in [2.45, 2.75) is 0 Å². The Balaban J connectivity index is 1.28. The standard InChI is InChI=1S/C25H23FN6O2/c26-17-4-6-18(7-5-17)29-25(33)30-19-2-1-3-20(14-19)34-21-8-9-22-23(15-21)31-24(16-28-22)32-12-10-27-11-13-32/h1-9,14-16,27H,10-13H2,(H2,29,30,33). The fourth-order valence-corrected chi connectivity index (χ4v) is 3.69. The lowest BCUT2D eigenvalue weighted by Gasteiger charge is -2.28. The maximum absolute atomic E-state index is 13.0. The second-order valence-corrected chi connectivity index (χ2v) is 7.83. The molecule has 5 rings (SSSR count). The van der Waals surface area contributed by atoms with Crippen molar-refractivity contribution >= 4 is 34.3 Å². The summed E-state index contributed by atoms with van der Waals surface area (Å²) in [6, 6.07) is 17.7. The number of ether oxygens (including phenoxy) is 1. The quantitative estimate of drug-likeness (QED) is 0.404. The minimum atomic E-state index is -0.440. The average molecular weight is 458 g/mol. The summed E-state index contributed by atoms with van der Waals surface area (Å²) in [7, 11) is 0. The largest absolute Gasteiger partial charge is 0.457 e. The highest BCUT2D eigenvalue weighted by molar-refractivity contribution is 5.99. The van der Waals surface area contributed by atoms with E-state index in [1.807, 2.05) is 18.2 Å². The zero-order valence-electron chi connectivity index (χ0n) is 18.3. The number of amides is 2. The van der Waals surface area contributed by atoms with Crippen molar-refractivity contribution in [3.8, 4) is 11.5 Å². The van der Waals surface area contributed by atoms with Crippen LogP contribution in [0.15, 0.2) is 72.9 Å². The molecule has 0 unspecified atom stereocenters. The van der Waals surface area contributed by atoms with E-state index in [4.69, 9.17) is 9.72 Å². The number of nitrogens with zero attached hydrogens (tertiary/aromatic N) is 3.